The summed E-state index contributed by atoms with van der Waals surface area (Å²) in [7, 11) is 0. The van der Waals surface area contributed by atoms with Crippen LogP contribution in [0.3, 0.4) is 0 Å². The fourth-order valence-electron chi connectivity index (χ4n) is 2.79. The lowest BCUT2D eigenvalue weighted by atomic mass is 10.1. The van der Waals surface area contributed by atoms with Gasteiger partial charge in [-0.1, -0.05) is 53.5 Å². The van der Waals surface area contributed by atoms with Crippen molar-refractivity contribution >= 4 is 58.2 Å². The van der Waals surface area contributed by atoms with E-state index in [1.54, 1.807) is 24.3 Å². The van der Waals surface area contributed by atoms with Crippen molar-refractivity contribution in [2.45, 2.75) is 31.5 Å². The molecule has 2 aromatic carbocycles. The number of anilines is 1. The highest BCUT2D eigenvalue weighted by Crippen LogP contribution is 2.23. The Labute approximate surface area is 203 Å². The van der Waals surface area contributed by atoms with E-state index < -0.39 is 29.7 Å². The zero-order valence-corrected chi connectivity index (χ0v) is 19.6. The maximum absolute atomic E-state index is 12.8. The molecule has 33 heavy (non-hydrogen) atoms. The second-order valence-corrected chi connectivity index (χ2v) is 9.02. The summed E-state index contributed by atoms with van der Waals surface area (Å²) in [6, 6.07) is 12.5. The number of halogens is 5. The molecule has 0 aromatic heterocycles. The highest BCUT2D eigenvalue weighted by atomic mass is 35.5. The zero-order chi connectivity index (χ0) is 24.4. The van der Waals surface area contributed by atoms with E-state index in [4.69, 9.17) is 23.2 Å². The van der Waals surface area contributed by atoms with Crippen LogP contribution < -0.4 is 10.6 Å². The van der Waals surface area contributed by atoms with Crippen molar-refractivity contribution in [1.82, 2.24) is 5.32 Å². The number of carbonyl (C=O) groups excluding carboxylic acids is 3. The third kappa shape index (κ3) is 10.1. The van der Waals surface area contributed by atoms with Gasteiger partial charge in [-0.2, -0.15) is 24.9 Å². The Morgan fingerprint density at radius 3 is 2.24 bits per heavy atom. The van der Waals surface area contributed by atoms with E-state index in [1.807, 2.05) is 6.07 Å². The van der Waals surface area contributed by atoms with Crippen LogP contribution in [0.15, 0.2) is 48.5 Å². The molecule has 5 nitrogen and oxygen atoms in total. The Morgan fingerprint density at radius 1 is 1.00 bits per heavy atom. The Morgan fingerprint density at radius 2 is 1.64 bits per heavy atom. The number of carbonyl (C=O) groups is 3. The molecule has 0 saturated carbocycles. The monoisotopic (exact) mass is 520 g/mol. The van der Waals surface area contributed by atoms with Crippen LogP contribution in [0.5, 0.6) is 0 Å². The first-order valence-electron chi connectivity index (χ1n) is 9.82. The highest BCUT2D eigenvalue weighted by Gasteiger charge is 2.37. The van der Waals surface area contributed by atoms with E-state index in [0.29, 0.717) is 22.2 Å². The minimum atomic E-state index is -4.86. The number of thioether (sulfide) groups is 1. The zero-order valence-electron chi connectivity index (χ0n) is 17.3. The van der Waals surface area contributed by atoms with E-state index in [0.717, 1.165) is 17.3 Å². The molecule has 0 spiro atoms. The minimum absolute atomic E-state index is 0.0580. The van der Waals surface area contributed by atoms with Gasteiger partial charge in [-0.15, -0.1) is 0 Å². The van der Waals surface area contributed by atoms with Gasteiger partial charge in [0.2, 0.25) is 17.6 Å². The average Bonchev–Trinajstić information content (AvgIpc) is 2.71. The van der Waals surface area contributed by atoms with Gasteiger partial charge < -0.3 is 10.6 Å². The largest absolute Gasteiger partial charge is 0.450 e. The summed E-state index contributed by atoms with van der Waals surface area (Å²) in [5.41, 5.74) is 1.10. The molecule has 2 amide bonds. The quantitative estimate of drug-likeness (QED) is 0.394. The third-order valence-electron chi connectivity index (χ3n) is 4.32. The number of hydrogen-bond acceptors (Lipinski definition) is 4. The van der Waals surface area contributed by atoms with E-state index in [-0.39, 0.29) is 24.5 Å². The van der Waals surface area contributed by atoms with Crippen LogP contribution in [0.4, 0.5) is 18.9 Å². The summed E-state index contributed by atoms with van der Waals surface area (Å²) in [6.45, 7) is 0. The minimum Gasteiger partial charge on any atom is -0.344 e. The van der Waals surface area contributed by atoms with E-state index in [1.165, 1.54) is 18.2 Å². The summed E-state index contributed by atoms with van der Waals surface area (Å²) < 4.78 is 36.9. The van der Waals surface area contributed by atoms with Crippen LogP contribution in [0.1, 0.15) is 18.4 Å². The van der Waals surface area contributed by atoms with Crippen molar-refractivity contribution in [3.63, 3.8) is 0 Å². The van der Waals surface area contributed by atoms with Crippen molar-refractivity contribution in [3.8, 4) is 0 Å². The molecule has 1 atom stereocenters. The second kappa shape index (κ2) is 12.9. The summed E-state index contributed by atoms with van der Waals surface area (Å²) in [5.74, 6) is -3.20. The molecule has 0 unspecified atom stereocenters. The van der Waals surface area contributed by atoms with E-state index in [2.05, 4.69) is 10.6 Å². The Bertz CT molecular complexity index is 955. The van der Waals surface area contributed by atoms with Gasteiger partial charge >= 0.3 is 6.18 Å². The van der Waals surface area contributed by atoms with Crippen LogP contribution in [0.25, 0.3) is 0 Å². The summed E-state index contributed by atoms with van der Waals surface area (Å²) in [4.78, 5) is 36.2. The smallest absolute Gasteiger partial charge is 0.344 e. The predicted octanol–water partition coefficient (Wildman–Crippen LogP) is 5.30. The SMILES string of the molecule is O=C(Cc1ccccc1)N[C@@H](CCCSCC(=O)C(F)(F)F)C(=O)Nc1cc(Cl)cc(Cl)c1. The number of nitrogens with one attached hydrogen (secondary N) is 2. The number of rotatable bonds is 11. The Hall–Kier alpha value is -2.23. The van der Waals surface area contributed by atoms with Gasteiger partial charge in [0.25, 0.3) is 0 Å². The highest BCUT2D eigenvalue weighted by molar-refractivity contribution is 7.99. The molecule has 2 aromatic rings. The van der Waals surface area contributed by atoms with E-state index in [9.17, 15) is 27.6 Å². The maximum atomic E-state index is 12.8. The number of hydrogen-bond donors (Lipinski definition) is 2. The fraction of sp³-hybridized carbons (Fsp3) is 0.318. The topological polar surface area (TPSA) is 75.3 Å². The fourth-order valence-corrected chi connectivity index (χ4v) is 4.18. The average molecular weight is 521 g/mol. The molecule has 0 fully saturated rings. The molecule has 2 rings (SSSR count). The standard InChI is InChI=1S/C22H21Cl2F3N2O3S/c23-15-10-16(24)12-17(11-15)28-21(32)18(7-4-8-33-13-19(30)22(25,26)27)29-20(31)9-14-5-2-1-3-6-14/h1-3,5-6,10-12,18H,4,7-9,13H2,(H,28,32)(H,29,31)/t18-/m0/s1. The van der Waals surface area contributed by atoms with Crippen LogP contribution in [-0.4, -0.2) is 41.3 Å². The summed E-state index contributed by atoms with van der Waals surface area (Å²) in [6.07, 6.45) is -4.34. The first kappa shape index (κ1) is 27.0. The molecule has 11 heteroatoms. The lowest BCUT2D eigenvalue weighted by Gasteiger charge is -2.19. The first-order chi connectivity index (χ1) is 15.5. The summed E-state index contributed by atoms with van der Waals surface area (Å²) in [5, 5.41) is 5.93. The van der Waals surface area contributed by atoms with Gasteiger partial charge in [-0.25, -0.2) is 0 Å². The van der Waals surface area contributed by atoms with Gasteiger partial charge in [0, 0.05) is 15.7 Å². The first-order valence-corrected chi connectivity index (χ1v) is 11.7. The molecule has 0 heterocycles. The molecule has 0 saturated heterocycles. The van der Waals surface area contributed by atoms with Crippen molar-refractivity contribution in [2.24, 2.45) is 0 Å². The Balaban J connectivity index is 1.98. The number of Topliss-reactive ketones (excluding diaryl/α,β-unsaturated/α-hetero) is 1. The lowest BCUT2D eigenvalue weighted by molar-refractivity contribution is -0.167. The molecule has 0 aliphatic carbocycles. The van der Waals surface area contributed by atoms with Gasteiger partial charge in [0.15, 0.2) is 0 Å². The Kier molecular flexibility index (Phi) is 10.5. The molecule has 2 N–H and O–H groups in total. The molecule has 178 valence electrons. The maximum Gasteiger partial charge on any atom is 0.450 e. The molecular formula is C22H21Cl2F3N2O3S. The van der Waals surface area contributed by atoms with E-state index >= 15 is 0 Å². The molecule has 0 radical (unpaired) electrons. The van der Waals surface area contributed by atoms with Crippen LogP contribution in [-0.2, 0) is 20.8 Å². The van der Waals surface area contributed by atoms with Crippen LogP contribution in [0, 0.1) is 0 Å². The lowest BCUT2D eigenvalue weighted by Crippen LogP contribution is -2.44. The van der Waals surface area contributed by atoms with Crippen molar-refractivity contribution in [3.05, 3.63) is 64.1 Å². The normalized spacial score (nSPS) is 12.2. The van der Waals surface area contributed by atoms with Crippen molar-refractivity contribution < 1.29 is 27.6 Å². The number of ketones is 1. The molecule has 0 aliphatic heterocycles. The summed E-state index contributed by atoms with van der Waals surface area (Å²) >= 11 is 12.7. The van der Waals surface area contributed by atoms with Crippen LogP contribution >= 0.6 is 35.0 Å². The molecular weight excluding hydrogens is 500 g/mol. The van der Waals surface area contributed by atoms with Crippen LogP contribution in [0.2, 0.25) is 10.0 Å². The second-order valence-electron chi connectivity index (χ2n) is 7.05. The van der Waals surface area contributed by atoms with Gasteiger partial charge in [0.1, 0.15) is 6.04 Å². The number of alkyl halides is 3. The predicted molar refractivity (Wildman–Crippen MR) is 125 cm³/mol. The molecule has 0 bridgehead atoms. The van der Waals surface area contributed by atoms with Gasteiger partial charge in [-0.05, 0) is 42.4 Å². The van der Waals surface area contributed by atoms with Gasteiger partial charge in [0.05, 0.1) is 12.2 Å². The molecule has 0 aliphatic rings. The number of amides is 2. The van der Waals surface area contributed by atoms with Gasteiger partial charge in [-0.3, -0.25) is 14.4 Å². The third-order valence-corrected chi connectivity index (χ3v) is 5.80. The van der Waals surface area contributed by atoms with Crippen molar-refractivity contribution in [1.29, 1.82) is 0 Å². The number of benzene rings is 2. The van der Waals surface area contributed by atoms with Crippen molar-refractivity contribution in [2.75, 3.05) is 16.8 Å².